The standard InChI is InChI=1S/C21H23NO4/c1-14-8-9-16(3)18(12-14)19(23)13-26-20(24)10-11-22-21(25)17-7-5-4-6-15(17)2/h4-9,12H,10-11,13H2,1-3H3,(H,22,25). The normalized spacial score (nSPS) is 10.3. The second kappa shape index (κ2) is 8.94. The van der Waals surface area contributed by atoms with Gasteiger partial charge in [0.05, 0.1) is 6.42 Å². The van der Waals surface area contributed by atoms with Gasteiger partial charge in [0.1, 0.15) is 0 Å². The number of carbonyl (C=O) groups is 3. The number of hydrogen-bond acceptors (Lipinski definition) is 4. The van der Waals surface area contributed by atoms with Crippen LogP contribution in [0.4, 0.5) is 0 Å². The Balaban J connectivity index is 1.77. The summed E-state index contributed by atoms with van der Waals surface area (Å²) in [6.45, 7) is 5.45. The summed E-state index contributed by atoms with van der Waals surface area (Å²) in [5, 5.41) is 2.68. The molecule has 0 saturated heterocycles. The van der Waals surface area contributed by atoms with Gasteiger partial charge in [0.15, 0.2) is 6.61 Å². The van der Waals surface area contributed by atoms with Gasteiger partial charge in [-0.1, -0.05) is 35.9 Å². The number of esters is 1. The number of ether oxygens (including phenoxy) is 1. The van der Waals surface area contributed by atoms with E-state index < -0.39 is 5.97 Å². The zero-order chi connectivity index (χ0) is 19.1. The lowest BCUT2D eigenvalue weighted by Gasteiger charge is -2.09. The van der Waals surface area contributed by atoms with Gasteiger partial charge in [-0.25, -0.2) is 0 Å². The lowest BCUT2D eigenvalue weighted by molar-refractivity contribution is -0.142. The van der Waals surface area contributed by atoms with Gasteiger partial charge < -0.3 is 10.1 Å². The first-order valence-corrected chi connectivity index (χ1v) is 8.48. The summed E-state index contributed by atoms with van der Waals surface area (Å²) in [7, 11) is 0. The smallest absolute Gasteiger partial charge is 0.308 e. The van der Waals surface area contributed by atoms with Crippen LogP contribution in [-0.4, -0.2) is 30.8 Å². The molecule has 0 atom stereocenters. The Morgan fingerprint density at radius 2 is 1.62 bits per heavy atom. The molecule has 1 amide bonds. The molecule has 0 saturated carbocycles. The number of benzene rings is 2. The minimum atomic E-state index is -0.520. The molecule has 0 unspecified atom stereocenters. The van der Waals surface area contributed by atoms with E-state index in [-0.39, 0.29) is 31.3 Å². The Labute approximate surface area is 153 Å². The van der Waals surface area contributed by atoms with E-state index in [0.717, 1.165) is 16.7 Å². The molecule has 0 aliphatic carbocycles. The lowest BCUT2D eigenvalue weighted by atomic mass is 10.0. The molecule has 0 fully saturated rings. The number of hydrogen-bond donors (Lipinski definition) is 1. The maximum Gasteiger partial charge on any atom is 0.308 e. The molecule has 0 radical (unpaired) electrons. The molecule has 0 bridgehead atoms. The third kappa shape index (κ3) is 5.28. The molecule has 2 aromatic carbocycles. The third-order valence-corrected chi connectivity index (χ3v) is 4.06. The minimum Gasteiger partial charge on any atom is -0.457 e. The maximum absolute atomic E-state index is 12.2. The lowest BCUT2D eigenvalue weighted by Crippen LogP contribution is -2.27. The molecule has 26 heavy (non-hydrogen) atoms. The van der Waals surface area contributed by atoms with Crippen molar-refractivity contribution < 1.29 is 19.1 Å². The average Bonchev–Trinajstić information content (AvgIpc) is 2.62. The van der Waals surface area contributed by atoms with Crippen LogP contribution in [0, 0.1) is 20.8 Å². The highest BCUT2D eigenvalue weighted by Gasteiger charge is 2.13. The van der Waals surface area contributed by atoms with Crippen molar-refractivity contribution in [1.29, 1.82) is 0 Å². The molecule has 0 heterocycles. The van der Waals surface area contributed by atoms with Gasteiger partial charge in [0.25, 0.3) is 5.91 Å². The largest absolute Gasteiger partial charge is 0.457 e. The van der Waals surface area contributed by atoms with Crippen LogP contribution in [0.3, 0.4) is 0 Å². The predicted molar refractivity (Wildman–Crippen MR) is 99.3 cm³/mol. The number of amides is 1. The molecule has 5 nitrogen and oxygen atoms in total. The first-order chi connectivity index (χ1) is 12.4. The zero-order valence-electron chi connectivity index (χ0n) is 15.3. The van der Waals surface area contributed by atoms with Gasteiger partial charge in [-0.3, -0.25) is 14.4 Å². The first kappa shape index (κ1) is 19.4. The monoisotopic (exact) mass is 353 g/mol. The van der Waals surface area contributed by atoms with Crippen molar-refractivity contribution in [3.8, 4) is 0 Å². The Morgan fingerprint density at radius 3 is 2.35 bits per heavy atom. The molecule has 0 spiro atoms. The molecule has 5 heteroatoms. The van der Waals surface area contributed by atoms with E-state index in [9.17, 15) is 14.4 Å². The van der Waals surface area contributed by atoms with Crippen molar-refractivity contribution >= 4 is 17.7 Å². The Bertz CT molecular complexity index is 827. The van der Waals surface area contributed by atoms with Crippen molar-refractivity contribution in [3.63, 3.8) is 0 Å². The van der Waals surface area contributed by atoms with E-state index in [4.69, 9.17) is 4.74 Å². The van der Waals surface area contributed by atoms with Crippen molar-refractivity contribution in [2.45, 2.75) is 27.2 Å². The number of carbonyl (C=O) groups excluding carboxylic acids is 3. The first-order valence-electron chi connectivity index (χ1n) is 8.48. The molecule has 1 N–H and O–H groups in total. The second-order valence-electron chi connectivity index (χ2n) is 6.22. The minimum absolute atomic E-state index is 0.0116. The van der Waals surface area contributed by atoms with E-state index in [0.29, 0.717) is 11.1 Å². The highest BCUT2D eigenvalue weighted by molar-refractivity contribution is 5.99. The van der Waals surface area contributed by atoms with Crippen LogP contribution < -0.4 is 5.32 Å². The number of Topliss-reactive ketones (excluding diaryl/α,β-unsaturated/α-hetero) is 1. The van der Waals surface area contributed by atoms with E-state index in [1.54, 1.807) is 18.2 Å². The molecular formula is C21H23NO4. The SMILES string of the molecule is Cc1ccc(C)c(C(=O)COC(=O)CCNC(=O)c2ccccc2C)c1. The predicted octanol–water partition coefficient (Wildman–Crippen LogP) is 3.16. The number of nitrogens with one attached hydrogen (secondary N) is 1. The van der Waals surface area contributed by atoms with Crippen LogP contribution in [0.15, 0.2) is 42.5 Å². The van der Waals surface area contributed by atoms with Gasteiger partial charge >= 0.3 is 5.97 Å². The van der Waals surface area contributed by atoms with Crippen molar-refractivity contribution in [3.05, 3.63) is 70.3 Å². The fourth-order valence-corrected chi connectivity index (χ4v) is 2.53. The second-order valence-corrected chi connectivity index (χ2v) is 6.22. The average molecular weight is 353 g/mol. The van der Waals surface area contributed by atoms with Crippen LogP contribution in [0.25, 0.3) is 0 Å². The van der Waals surface area contributed by atoms with Crippen LogP contribution in [0.1, 0.15) is 43.8 Å². The molecule has 0 aromatic heterocycles. The molecule has 0 aliphatic rings. The van der Waals surface area contributed by atoms with Crippen LogP contribution in [-0.2, 0) is 9.53 Å². The summed E-state index contributed by atoms with van der Waals surface area (Å²) in [6.07, 6.45) is 0.0116. The van der Waals surface area contributed by atoms with Crippen LogP contribution in [0.2, 0.25) is 0 Å². The van der Waals surface area contributed by atoms with Gasteiger partial charge in [-0.05, 0) is 44.0 Å². The number of rotatable bonds is 7. The van der Waals surface area contributed by atoms with E-state index in [2.05, 4.69) is 5.32 Å². The third-order valence-electron chi connectivity index (χ3n) is 4.06. The Morgan fingerprint density at radius 1 is 0.923 bits per heavy atom. The highest BCUT2D eigenvalue weighted by Crippen LogP contribution is 2.11. The molecule has 2 aromatic rings. The summed E-state index contributed by atoms with van der Waals surface area (Å²) in [6, 6.07) is 12.8. The summed E-state index contributed by atoms with van der Waals surface area (Å²) in [5.41, 5.74) is 3.83. The van der Waals surface area contributed by atoms with Crippen molar-refractivity contribution in [2.75, 3.05) is 13.2 Å². The molecular weight excluding hydrogens is 330 g/mol. The van der Waals surface area contributed by atoms with Crippen molar-refractivity contribution in [2.24, 2.45) is 0 Å². The summed E-state index contributed by atoms with van der Waals surface area (Å²) in [5.74, 6) is -0.986. The van der Waals surface area contributed by atoms with E-state index in [1.165, 1.54) is 0 Å². The van der Waals surface area contributed by atoms with Gasteiger partial charge in [-0.2, -0.15) is 0 Å². The highest BCUT2D eigenvalue weighted by atomic mass is 16.5. The molecule has 0 aliphatic heterocycles. The maximum atomic E-state index is 12.2. The topological polar surface area (TPSA) is 72.5 Å². The summed E-state index contributed by atoms with van der Waals surface area (Å²) < 4.78 is 5.02. The Kier molecular flexibility index (Phi) is 6.67. The van der Waals surface area contributed by atoms with Gasteiger partial charge in [0, 0.05) is 17.7 Å². The summed E-state index contributed by atoms with van der Waals surface area (Å²) in [4.78, 5) is 36.0. The fourth-order valence-electron chi connectivity index (χ4n) is 2.53. The van der Waals surface area contributed by atoms with Crippen LogP contribution in [0.5, 0.6) is 0 Å². The van der Waals surface area contributed by atoms with Gasteiger partial charge in [-0.15, -0.1) is 0 Å². The zero-order valence-corrected chi connectivity index (χ0v) is 15.3. The quantitative estimate of drug-likeness (QED) is 0.613. The summed E-state index contributed by atoms with van der Waals surface area (Å²) >= 11 is 0. The van der Waals surface area contributed by atoms with Crippen molar-refractivity contribution in [1.82, 2.24) is 5.32 Å². The van der Waals surface area contributed by atoms with Crippen LogP contribution >= 0.6 is 0 Å². The van der Waals surface area contributed by atoms with E-state index in [1.807, 2.05) is 45.0 Å². The van der Waals surface area contributed by atoms with Gasteiger partial charge in [0.2, 0.25) is 5.78 Å². The molecule has 2 rings (SSSR count). The Hall–Kier alpha value is -2.95. The molecule has 136 valence electrons. The number of aryl methyl sites for hydroxylation is 3. The number of ketones is 1. The van der Waals surface area contributed by atoms with E-state index >= 15 is 0 Å². The fraction of sp³-hybridized carbons (Fsp3) is 0.286.